The second-order valence-electron chi connectivity index (χ2n) is 8.77. The molecule has 0 aliphatic rings. The quantitative estimate of drug-likeness (QED) is 0.317. The predicted molar refractivity (Wildman–Crippen MR) is 127 cm³/mol. The SMILES string of the molecule is CC(C)COC(=O)NCc1cn(CCCCn2cc(C(=O)NCc3cccc(OC(F)(F)F)c3)nn2)nn1. The van der Waals surface area contributed by atoms with Crippen molar-refractivity contribution in [3.05, 3.63) is 53.6 Å². The van der Waals surface area contributed by atoms with Gasteiger partial charge in [0.15, 0.2) is 5.69 Å². The predicted octanol–water partition coefficient (Wildman–Crippen LogP) is 3.06. The minimum atomic E-state index is -4.79. The number of amides is 2. The van der Waals surface area contributed by atoms with E-state index >= 15 is 0 Å². The molecule has 2 amide bonds. The van der Waals surface area contributed by atoms with Crippen LogP contribution in [0.2, 0.25) is 0 Å². The third-order valence-electron chi connectivity index (χ3n) is 4.93. The monoisotopic (exact) mass is 538 g/mol. The molecule has 0 aliphatic carbocycles. The molecule has 12 nitrogen and oxygen atoms in total. The van der Waals surface area contributed by atoms with Crippen LogP contribution in [0.15, 0.2) is 36.7 Å². The number of ether oxygens (including phenoxy) is 2. The van der Waals surface area contributed by atoms with Gasteiger partial charge in [0.1, 0.15) is 11.4 Å². The normalized spacial score (nSPS) is 11.4. The molecule has 0 atom stereocenters. The molecule has 3 rings (SSSR count). The molecule has 0 bridgehead atoms. The molecule has 0 spiro atoms. The van der Waals surface area contributed by atoms with Gasteiger partial charge in [-0.25, -0.2) is 4.79 Å². The molecule has 0 radical (unpaired) electrons. The number of alkyl halides is 3. The van der Waals surface area contributed by atoms with Crippen LogP contribution in [0.25, 0.3) is 0 Å². The number of nitrogens with one attached hydrogen (secondary N) is 2. The van der Waals surface area contributed by atoms with Crippen LogP contribution in [-0.2, 0) is 30.9 Å². The Kier molecular flexibility index (Phi) is 10.0. The number of aryl methyl sites for hydroxylation is 2. The van der Waals surface area contributed by atoms with Crippen LogP contribution in [0.5, 0.6) is 5.75 Å². The van der Waals surface area contributed by atoms with E-state index < -0.39 is 18.4 Å². The molecular formula is C23H29F3N8O4. The Balaban J connectivity index is 1.35. The molecule has 15 heteroatoms. The Morgan fingerprint density at radius 2 is 1.71 bits per heavy atom. The summed E-state index contributed by atoms with van der Waals surface area (Å²) in [6.07, 6.45) is -0.573. The van der Waals surface area contributed by atoms with E-state index in [4.69, 9.17) is 4.74 Å². The van der Waals surface area contributed by atoms with Gasteiger partial charge in [-0.2, -0.15) is 0 Å². The van der Waals surface area contributed by atoms with E-state index in [-0.39, 0.29) is 30.5 Å². The van der Waals surface area contributed by atoms with E-state index in [2.05, 4.69) is 36.0 Å². The van der Waals surface area contributed by atoms with Crippen molar-refractivity contribution in [2.45, 2.75) is 59.2 Å². The van der Waals surface area contributed by atoms with Gasteiger partial charge in [0.25, 0.3) is 5.91 Å². The number of nitrogens with zero attached hydrogens (tertiary/aromatic N) is 6. The molecule has 0 unspecified atom stereocenters. The number of aromatic nitrogens is 6. The summed E-state index contributed by atoms with van der Waals surface area (Å²) < 4.78 is 49.2. The number of carbonyl (C=O) groups is 2. The number of hydrogen-bond acceptors (Lipinski definition) is 8. The molecular weight excluding hydrogens is 509 g/mol. The van der Waals surface area contributed by atoms with Gasteiger partial charge in [0.2, 0.25) is 0 Å². The van der Waals surface area contributed by atoms with Crippen molar-refractivity contribution in [1.82, 2.24) is 40.6 Å². The highest BCUT2D eigenvalue weighted by atomic mass is 19.4. The number of benzene rings is 1. The minimum absolute atomic E-state index is 0.00467. The van der Waals surface area contributed by atoms with E-state index in [1.165, 1.54) is 29.1 Å². The fourth-order valence-corrected chi connectivity index (χ4v) is 3.17. The Bertz CT molecular complexity index is 1200. The van der Waals surface area contributed by atoms with Crippen molar-refractivity contribution < 1.29 is 32.2 Å². The minimum Gasteiger partial charge on any atom is -0.449 e. The van der Waals surface area contributed by atoms with Gasteiger partial charge >= 0.3 is 12.5 Å². The summed E-state index contributed by atoms with van der Waals surface area (Å²) in [5.41, 5.74) is 1.14. The first-order valence-corrected chi connectivity index (χ1v) is 11.9. The zero-order valence-corrected chi connectivity index (χ0v) is 20.9. The fraction of sp³-hybridized carbons (Fsp3) is 0.478. The lowest BCUT2D eigenvalue weighted by molar-refractivity contribution is -0.274. The number of alkyl carbamates (subject to hydrolysis) is 1. The number of halogens is 3. The Morgan fingerprint density at radius 3 is 2.42 bits per heavy atom. The summed E-state index contributed by atoms with van der Waals surface area (Å²) in [5, 5.41) is 21.0. The maximum Gasteiger partial charge on any atom is 0.573 e. The van der Waals surface area contributed by atoms with Gasteiger partial charge in [-0.3, -0.25) is 14.2 Å². The van der Waals surface area contributed by atoms with Crippen LogP contribution in [0, 0.1) is 5.92 Å². The van der Waals surface area contributed by atoms with Crippen LogP contribution in [-0.4, -0.2) is 55.0 Å². The molecule has 0 saturated carbocycles. The lowest BCUT2D eigenvalue weighted by Gasteiger charge is -2.10. The summed E-state index contributed by atoms with van der Waals surface area (Å²) in [6.45, 7) is 5.57. The Morgan fingerprint density at radius 1 is 1.00 bits per heavy atom. The molecule has 0 aliphatic heterocycles. The molecule has 2 aromatic heterocycles. The smallest absolute Gasteiger partial charge is 0.449 e. The average molecular weight is 539 g/mol. The standard InChI is InChI=1S/C23H29F3N8O4/c1-16(2)15-37-22(36)28-12-18-13-33(31-29-18)8-3-4-9-34-14-20(30-32-34)21(35)27-11-17-6-5-7-19(10-17)38-23(24,25)26/h5-7,10,13-14,16H,3-4,8-9,11-12,15H2,1-2H3,(H,27,35)(H,28,36). The van der Waals surface area contributed by atoms with Gasteiger partial charge in [-0.05, 0) is 36.5 Å². The number of rotatable bonds is 13. The summed E-state index contributed by atoms with van der Waals surface area (Å²) in [7, 11) is 0. The van der Waals surface area contributed by atoms with Crippen molar-refractivity contribution in [2.24, 2.45) is 5.92 Å². The van der Waals surface area contributed by atoms with E-state index in [0.29, 0.717) is 31.0 Å². The first-order valence-electron chi connectivity index (χ1n) is 11.9. The Labute approximate surface area is 216 Å². The van der Waals surface area contributed by atoms with Gasteiger partial charge in [0, 0.05) is 19.6 Å². The fourth-order valence-electron chi connectivity index (χ4n) is 3.17. The topological polar surface area (TPSA) is 138 Å². The average Bonchev–Trinajstić information content (AvgIpc) is 3.51. The lowest BCUT2D eigenvalue weighted by Crippen LogP contribution is -2.25. The van der Waals surface area contributed by atoms with E-state index in [0.717, 1.165) is 12.8 Å². The van der Waals surface area contributed by atoms with Crippen LogP contribution >= 0.6 is 0 Å². The van der Waals surface area contributed by atoms with E-state index in [9.17, 15) is 22.8 Å². The highest BCUT2D eigenvalue weighted by Crippen LogP contribution is 2.23. The molecule has 206 valence electrons. The summed E-state index contributed by atoms with van der Waals surface area (Å²) in [6, 6.07) is 5.34. The van der Waals surface area contributed by atoms with Crippen LogP contribution < -0.4 is 15.4 Å². The summed E-state index contributed by atoms with van der Waals surface area (Å²) in [4.78, 5) is 23.9. The summed E-state index contributed by atoms with van der Waals surface area (Å²) in [5.74, 6) is -0.615. The molecule has 0 fully saturated rings. The summed E-state index contributed by atoms with van der Waals surface area (Å²) >= 11 is 0. The molecule has 2 heterocycles. The van der Waals surface area contributed by atoms with Crippen molar-refractivity contribution >= 4 is 12.0 Å². The molecule has 38 heavy (non-hydrogen) atoms. The van der Waals surface area contributed by atoms with Crippen molar-refractivity contribution in [1.29, 1.82) is 0 Å². The first kappa shape index (κ1) is 28.4. The van der Waals surface area contributed by atoms with Crippen molar-refractivity contribution in [3.8, 4) is 5.75 Å². The van der Waals surface area contributed by atoms with Gasteiger partial charge in [-0.1, -0.05) is 36.4 Å². The lowest BCUT2D eigenvalue weighted by atomic mass is 10.2. The Hall–Kier alpha value is -4.17. The maximum atomic E-state index is 12.4. The van der Waals surface area contributed by atoms with Crippen LogP contribution in [0.1, 0.15) is 48.4 Å². The zero-order chi connectivity index (χ0) is 27.5. The maximum absolute atomic E-state index is 12.4. The molecule has 2 N–H and O–H groups in total. The highest BCUT2D eigenvalue weighted by molar-refractivity contribution is 5.91. The molecule has 0 saturated heterocycles. The van der Waals surface area contributed by atoms with Gasteiger partial charge < -0.3 is 20.1 Å². The number of unbranched alkanes of at least 4 members (excludes halogenated alkanes) is 1. The number of carbonyl (C=O) groups excluding carboxylic acids is 2. The van der Waals surface area contributed by atoms with Crippen LogP contribution in [0.3, 0.4) is 0 Å². The van der Waals surface area contributed by atoms with Crippen molar-refractivity contribution in [2.75, 3.05) is 6.61 Å². The first-order chi connectivity index (χ1) is 18.1. The van der Waals surface area contributed by atoms with Crippen molar-refractivity contribution in [3.63, 3.8) is 0 Å². The third-order valence-corrected chi connectivity index (χ3v) is 4.93. The third kappa shape index (κ3) is 10.1. The molecule has 1 aromatic carbocycles. The highest BCUT2D eigenvalue weighted by Gasteiger charge is 2.31. The van der Waals surface area contributed by atoms with Gasteiger partial charge in [0.05, 0.1) is 25.5 Å². The second kappa shape index (κ2) is 13.4. The second-order valence-corrected chi connectivity index (χ2v) is 8.77. The number of hydrogen-bond donors (Lipinski definition) is 2. The largest absolute Gasteiger partial charge is 0.573 e. The van der Waals surface area contributed by atoms with E-state index in [1.54, 1.807) is 16.9 Å². The molecule has 3 aromatic rings. The van der Waals surface area contributed by atoms with E-state index in [1.807, 2.05) is 13.8 Å². The van der Waals surface area contributed by atoms with Gasteiger partial charge in [-0.15, -0.1) is 23.4 Å². The zero-order valence-electron chi connectivity index (χ0n) is 20.9. The van der Waals surface area contributed by atoms with Crippen LogP contribution in [0.4, 0.5) is 18.0 Å².